The summed E-state index contributed by atoms with van der Waals surface area (Å²) in [5, 5.41) is 6.84. The monoisotopic (exact) mass is 304 g/mol. The average molecular weight is 304 g/mol. The zero-order valence-corrected chi connectivity index (χ0v) is 14.3. The van der Waals surface area contributed by atoms with Crippen LogP contribution in [0.5, 0.6) is 5.75 Å². The highest BCUT2D eigenvalue weighted by Crippen LogP contribution is 2.27. The predicted molar refractivity (Wildman–Crippen MR) is 89.1 cm³/mol. The lowest BCUT2D eigenvalue weighted by molar-refractivity contribution is 0.401. The number of nitrogens with one attached hydrogen (secondary N) is 1. The van der Waals surface area contributed by atoms with Gasteiger partial charge in [0, 0.05) is 28.9 Å². The maximum Gasteiger partial charge on any atom is 0.123 e. The third-order valence-corrected chi connectivity index (χ3v) is 4.70. The van der Waals surface area contributed by atoms with Crippen LogP contribution in [0.3, 0.4) is 0 Å². The highest BCUT2D eigenvalue weighted by molar-refractivity contribution is 7.09. The van der Waals surface area contributed by atoms with Crippen LogP contribution < -0.4 is 10.1 Å². The van der Waals surface area contributed by atoms with E-state index >= 15 is 0 Å². The lowest BCUT2D eigenvalue weighted by Gasteiger charge is -2.17. The van der Waals surface area contributed by atoms with Gasteiger partial charge in [0.25, 0.3) is 0 Å². The Hall–Kier alpha value is -1.39. The number of methoxy groups -OCH3 is 1. The van der Waals surface area contributed by atoms with Gasteiger partial charge in [-0.15, -0.1) is 11.3 Å². The largest absolute Gasteiger partial charge is 0.496 e. The summed E-state index contributed by atoms with van der Waals surface area (Å²) in [5.41, 5.74) is 2.40. The third kappa shape index (κ3) is 4.05. The van der Waals surface area contributed by atoms with Gasteiger partial charge in [-0.05, 0) is 13.0 Å². The second kappa shape index (κ2) is 6.58. The van der Waals surface area contributed by atoms with Gasteiger partial charge in [-0.3, -0.25) is 0 Å². The van der Waals surface area contributed by atoms with Crippen molar-refractivity contribution in [2.45, 2.75) is 45.7 Å². The van der Waals surface area contributed by atoms with E-state index in [-0.39, 0.29) is 11.5 Å². The number of hydrogen-bond acceptors (Lipinski definition) is 4. The number of aromatic nitrogens is 1. The van der Waals surface area contributed by atoms with Crippen molar-refractivity contribution in [2.24, 2.45) is 0 Å². The predicted octanol–water partition coefficient (Wildman–Crippen LogP) is 4.30. The zero-order chi connectivity index (χ0) is 15.5. The van der Waals surface area contributed by atoms with Crippen LogP contribution in [0.25, 0.3) is 0 Å². The molecule has 0 saturated carbocycles. The molecular weight excluding hydrogens is 280 g/mol. The molecular formula is C17H24N2OS. The fourth-order valence-corrected chi connectivity index (χ4v) is 3.03. The quantitative estimate of drug-likeness (QED) is 0.894. The van der Waals surface area contributed by atoms with E-state index in [0.717, 1.165) is 18.0 Å². The summed E-state index contributed by atoms with van der Waals surface area (Å²) in [6, 6.07) is 8.34. The fraction of sp³-hybridized carbons (Fsp3) is 0.471. The van der Waals surface area contributed by atoms with Crippen LogP contribution >= 0.6 is 11.3 Å². The Kier molecular flexibility index (Phi) is 5.01. The molecule has 0 aliphatic heterocycles. The van der Waals surface area contributed by atoms with Crippen LogP contribution in [-0.2, 0) is 12.0 Å². The molecule has 0 unspecified atom stereocenters. The van der Waals surface area contributed by atoms with Crippen LogP contribution in [-0.4, -0.2) is 12.1 Å². The van der Waals surface area contributed by atoms with Crippen LogP contribution in [0, 0.1) is 0 Å². The molecule has 0 aliphatic carbocycles. The molecule has 1 N–H and O–H groups in total. The number of nitrogens with zero attached hydrogens (tertiary/aromatic N) is 1. The number of thiazole rings is 1. The van der Waals surface area contributed by atoms with Gasteiger partial charge >= 0.3 is 0 Å². The Morgan fingerprint density at radius 2 is 2.00 bits per heavy atom. The molecule has 0 fully saturated rings. The van der Waals surface area contributed by atoms with E-state index in [1.165, 1.54) is 10.6 Å². The lowest BCUT2D eigenvalue weighted by atomic mass is 9.98. The van der Waals surface area contributed by atoms with Gasteiger partial charge in [-0.25, -0.2) is 4.98 Å². The Balaban J connectivity index is 2.01. The van der Waals surface area contributed by atoms with Crippen LogP contribution in [0.15, 0.2) is 29.6 Å². The van der Waals surface area contributed by atoms with Gasteiger partial charge < -0.3 is 10.1 Å². The first kappa shape index (κ1) is 16.0. The summed E-state index contributed by atoms with van der Waals surface area (Å²) >= 11 is 1.74. The van der Waals surface area contributed by atoms with E-state index in [4.69, 9.17) is 9.72 Å². The number of para-hydroxylation sites is 1. The SMILES string of the molecule is COc1ccccc1[C@H](C)NCc1csc(C(C)(C)C)n1. The molecule has 0 bridgehead atoms. The molecule has 21 heavy (non-hydrogen) atoms. The Labute approximate surface area is 131 Å². The van der Waals surface area contributed by atoms with Crippen molar-refractivity contribution in [2.75, 3.05) is 7.11 Å². The van der Waals surface area contributed by atoms with E-state index in [0.29, 0.717) is 0 Å². The van der Waals surface area contributed by atoms with Crippen LogP contribution in [0.2, 0.25) is 0 Å². The molecule has 4 heteroatoms. The van der Waals surface area contributed by atoms with Gasteiger partial charge in [0.15, 0.2) is 0 Å². The summed E-state index contributed by atoms with van der Waals surface area (Å²) in [7, 11) is 1.71. The molecule has 0 spiro atoms. The standard InChI is InChI=1S/C17H24N2OS/c1-12(14-8-6-7-9-15(14)20-5)18-10-13-11-21-16(19-13)17(2,3)4/h6-9,11-12,18H,10H2,1-5H3/t12-/m0/s1. The molecule has 114 valence electrons. The van der Waals surface area contributed by atoms with Crippen molar-refractivity contribution < 1.29 is 4.74 Å². The van der Waals surface area contributed by atoms with Gasteiger partial charge in [0.05, 0.1) is 17.8 Å². The van der Waals surface area contributed by atoms with Gasteiger partial charge in [-0.2, -0.15) is 0 Å². The normalized spacial score (nSPS) is 13.2. The van der Waals surface area contributed by atoms with Crippen LogP contribution in [0.1, 0.15) is 50.0 Å². The minimum absolute atomic E-state index is 0.122. The lowest BCUT2D eigenvalue weighted by Crippen LogP contribution is -2.19. The first-order chi connectivity index (χ1) is 9.91. The molecule has 1 atom stereocenters. The second-order valence-corrected chi connectivity index (χ2v) is 7.10. The molecule has 0 aliphatic rings. The Morgan fingerprint density at radius 3 is 2.62 bits per heavy atom. The van der Waals surface area contributed by atoms with Crippen molar-refractivity contribution in [3.05, 3.63) is 45.9 Å². The fourth-order valence-electron chi connectivity index (χ4n) is 2.12. The van der Waals surface area contributed by atoms with Crippen molar-refractivity contribution in [3.8, 4) is 5.75 Å². The molecule has 1 aromatic heterocycles. The van der Waals surface area contributed by atoms with E-state index in [1.807, 2.05) is 18.2 Å². The summed E-state index contributed by atoms with van der Waals surface area (Å²) in [4.78, 5) is 4.71. The smallest absolute Gasteiger partial charge is 0.123 e. The number of hydrogen-bond donors (Lipinski definition) is 1. The molecule has 2 aromatic rings. The first-order valence-corrected chi connectivity index (χ1v) is 8.11. The van der Waals surface area contributed by atoms with E-state index < -0.39 is 0 Å². The molecule has 0 amide bonds. The minimum Gasteiger partial charge on any atom is -0.496 e. The van der Waals surface area contributed by atoms with E-state index in [9.17, 15) is 0 Å². The van der Waals surface area contributed by atoms with Crippen LogP contribution in [0.4, 0.5) is 0 Å². The number of benzene rings is 1. The van der Waals surface area contributed by atoms with Gasteiger partial charge in [0.2, 0.25) is 0 Å². The van der Waals surface area contributed by atoms with Gasteiger partial charge in [-0.1, -0.05) is 39.0 Å². The molecule has 3 nitrogen and oxygen atoms in total. The van der Waals surface area contributed by atoms with Gasteiger partial charge in [0.1, 0.15) is 5.75 Å². The maximum atomic E-state index is 5.41. The van der Waals surface area contributed by atoms with Crippen molar-refractivity contribution in [1.29, 1.82) is 0 Å². The van der Waals surface area contributed by atoms with Crippen molar-refractivity contribution >= 4 is 11.3 Å². The molecule has 1 heterocycles. The Morgan fingerprint density at radius 1 is 1.29 bits per heavy atom. The summed E-state index contributed by atoms with van der Waals surface area (Å²) in [6.07, 6.45) is 0. The third-order valence-electron chi connectivity index (χ3n) is 3.39. The van der Waals surface area contributed by atoms with Crippen molar-refractivity contribution in [1.82, 2.24) is 10.3 Å². The van der Waals surface area contributed by atoms with Crippen molar-refractivity contribution in [3.63, 3.8) is 0 Å². The van der Waals surface area contributed by atoms with E-state index in [2.05, 4.69) is 44.5 Å². The highest BCUT2D eigenvalue weighted by atomic mass is 32.1. The molecule has 0 radical (unpaired) electrons. The average Bonchev–Trinajstić information content (AvgIpc) is 2.93. The zero-order valence-electron chi connectivity index (χ0n) is 13.4. The first-order valence-electron chi connectivity index (χ1n) is 7.23. The summed E-state index contributed by atoms with van der Waals surface area (Å²) in [6.45, 7) is 9.50. The molecule has 1 aromatic carbocycles. The van der Waals surface area contributed by atoms with E-state index in [1.54, 1.807) is 18.4 Å². The molecule has 0 saturated heterocycles. The molecule has 2 rings (SSSR count). The highest BCUT2D eigenvalue weighted by Gasteiger charge is 2.18. The number of ether oxygens (including phenoxy) is 1. The maximum absolute atomic E-state index is 5.41. The summed E-state index contributed by atoms with van der Waals surface area (Å²) < 4.78 is 5.41. The Bertz CT molecular complexity index is 586. The second-order valence-electron chi connectivity index (χ2n) is 6.24. The number of rotatable bonds is 5. The topological polar surface area (TPSA) is 34.1 Å². The minimum atomic E-state index is 0.122. The summed E-state index contributed by atoms with van der Waals surface area (Å²) in [5.74, 6) is 0.922.